The van der Waals surface area contributed by atoms with Gasteiger partial charge in [-0.25, -0.2) is 0 Å². The molecule has 0 saturated heterocycles. The zero-order valence-corrected chi connectivity index (χ0v) is 15.9. The van der Waals surface area contributed by atoms with Crippen LogP contribution in [-0.2, 0) is 22.4 Å². The van der Waals surface area contributed by atoms with Gasteiger partial charge in [-0.1, -0.05) is 62.8 Å². The minimum atomic E-state index is -0.694. The largest absolute Gasteiger partial charge is 0.481 e. The van der Waals surface area contributed by atoms with E-state index in [9.17, 15) is 9.59 Å². The van der Waals surface area contributed by atoms with Crippen LogP contribution in [0.5, 0.6) is 0 Å². The Morgan fingerprint density at radius 3 is 1.31 bits per heavy atom. The molecule has 1 rings (SSSR count). The van der Waals surface area contributed by atoms with Gasteiger partial charge in [0.2, 0.25) is 0 Å². The number of aliphatic carboxylic acids is 2. The van der Waals surface area contributed by atoms with E-state index in [1.807, 2.05) is 0 Å². The van der Waals surface area contributed by atoms with E-state index in [-0.39, 0.29) is 0 Å². The number of unbranched alkanes of at least 4 members (excludes halogenated alkanes) is 8. The summed E-state index contributed by atoms with van der Waals surface area (Å²) in [6.45, 7) is 0. The lowest BCUT2D eigenvalue weighted by Crippen LogP contribution is -1.96. The first-order valence-electron chi connectivity index (χ1n) is 10.1. The summed E-state index contributed by atoms with van der Waals surface area (Å²) in [6, 6.07) is 8.68. The minimum absolute atomic E-state index is 0.291. The molecule has 0 aromatic heterocycles. The number of carbonyl (C=O) groups is 2. The van der Waals surface area contributed by atoms with Crippen molar-refractivity contribution in [2.24, 2.45) is 0 Å². The lowest BCUT2D eigenvalue weighted by atomic mass is 9.96. The molecule has 0 heterocycles. The molecule has 146 valence electrons. The number of rotatable bonds is 16. The minimum Gasteiger partial charge on any atom is -0.481 e. The molecule has 0 amide bonds. The van der Waals surface area contributed by atoms with Crippen molar-refractivity contribution in [2.45, 2.75) is 89.9 Å². The fourth-order valence-electron chi connectivity index (χ4n) is 3.29. The van der Waals surface area contributed by atoms with Crippen molar-refractivity contribution in [1.82, 2.24) is 0 Å². The van der Waals surface area contributed by atoms with Crippen LogP contribution in [0.25, 0.3) is 0 Å². The highest BCUT2D eigenvalue weighted by atomic mass is 16.4. The first kappa shape index (κ1) is 22.2. The molecule has 1 aromatic carbocycles. The third kappa shape index (κ3) is 11.7. The summed E-state index contributed by atoms with van der Waals surface area (Å²) in [5.74, 6) is -1.39. The molecule has 0 saturated carbocycles. The molecule has 0 aliphatic heterocycles. The van der Waals surface area contributed by atoms with Gasteiger partial charge >= 0.3 is 11.9 Å². The Morgan fingerprint density at radius 1 is 0.577 bits per heavy atom. The molecule has 0 atom stereocenters. The van der Waals surface area contributed by atoms with Gasteiger partial charge in [-0.3, -0.25) is 9.59 Å². The number of hydrogen-bond donors (Lipinski definition) is 2. The second kappa shape index (κ2) is 14.3. The summed E-state index contributed by atoms with van der Waals surface area (Å²) in [4.78, 5) is 20.9. The van der Waals surface area contributed by atoms with Gasteiger partial charge in [-0.2, -0.15) is 0 Å². The quantitative estimate of drug-likeness (QED) is 0.374. The fourth-order valence-corrected chi connectivity index (χ4v) is 3.29. The molecule has 0 fully saturated rings. The van der Waals surface area contributed by atoms with E-state index in [0.29, 0.717) is 12.8 Å². The van der Waals surface area contributed by atoms with E-state index in [2.05, 4.69) is 24.3 Å². The van der Waals surface area contributed by atoms with Gasteiger partial charge in [0.05, 0.1) is 0 Å². The van der Waals surface area contributed by atoms with Crippen LogP contribution in [-0.4, -0.2) is 22.2 Å². The Morgan fingerprint density at radius 2 is 0.923 bits per heavy atom. The average molecular weight is 363 g/mol. The van der Waals surface area contributed by atoms with Crippen LogP contribution >= 0.6 is 0 Å². The lowest BCUT2D eigenvalue weighted by Gasteiger charge is -2.09. The van der Waals surface area contributed by atoms with Gasteiger partial charge in [0.25, 0.3) is 0 Å². The van der Waals surface area contributed by atoms with Crippen LogP contribution in [0, 0.1) is 0 Å². The van der Waals surface area contributed by atoms with Gasteiger partial charge in [0, 0.05) is 12.8 Å². The van der Waals surface area contributed by atoms with E-state index >= 15 is 0 Å². The number of hydrogen-bond acceptors (Lipinski definition) is 2. The first-order valence-corrected chi connectivity index (χ1v) is 10.1. The van der Waals surface area contributed by atoms with Crippen LogP contribution in [0.15, 0.2) is 24.3 Å². The first-order chi connectivity index (χ1) is 12.6. The number of carboxylic acids is 2. The van der Waals surface area contributed by atoms with Crippen LogP contribution in [0.3, 0.4) is 0 Å². The van der Waals surface area contributed by atoms with Crippen LogP contribution in [0.1, 0.15) is 88.2 Å². The molecule has 1 aromatic rings. The van der Waals surface area contributed by atoms with E-state index in [1.54, 1.807) is 0 Å². The van der Waals surface area contributed by atoms with E-state index in [4.69, 9.17) is 10.2 Å². The maximum absolute atomic E-state index is 10.5. The van der Waals surface area contributed by atoms with Crippen LogP contribution < -0.4 is 0 Å². The molecule has 0 aliphatic carbocycles. The van der Waals surface area contributed by atoms with Crippen molar-refractivity contribution in [3.63, 3.8) is 0 Å². The maximum Gasteiger partial charge on any atom is 0.303 e. The van der Waals surface area contributed by atoms with Crippen LogP contribution in [0.4, 0.5) is 0 Å². The second-order valence-electron chi connectivity index (χ2n) is 7.09. The summed E-state index contributed by atoms with van der Waals surface area (Å²) in [6.07, 6.45) is 13.3. The standard InChI is InChI=1S/C22H34O4/c23-21(24)17-9-5-1-3-7-13-19-15-11-12-16-20(19)14-8-4-2-6-10-18-22(25)26/h11-12,15-16H,1-10,13-14,17-18H2,(H,23,24)(H,25,26). The highest BCUT2D eigenvalue weighted by Crippen LogP contribution is 2.17. The molecule has 0 unspecified atom stereocenters. The summed E-state index contributed by atoms with van der Waals surface area (Å²) in [5, 5.41) is 17.2. The second-order valence-corrected chi connectivity index (χ2v) is 7.09. The molecule has 0 aliphatic rings. The Bertz CT molecular complexity index is 478. The summed E-state index contributed by atoms with van der Waals surface area (Å²) in [7, 11) is 0. The van der Waals surface area contributed by atoms with Crippen molar-refractivity contribution < 1.29 is 19.8 Å². The fraction of sp³-hybridized carbons (Fsp3) is 0.636. The Hall–Kier alpha value is -1.84. The zero-order valence-electron chi connectivity index (χ0n) is 15.9. The SMILES string of the molecule is O=C(O)CCCCCCCc1ccccc1CCCCCCCC(=O)O. The number of benzene rings is 1. The van der Waals surface area contributed by atoms with E-state index in [1.165, 1.54) is 24.0 Å². The molecule has 2 N–H and O–H groups in total. The van der Waals surface area contributed by atoms with Crippen molar-refractivity contribution in [1.29, 1.82) is 0 Å². The van der Waals surface area contributed by atoms with Gasteiger partial charge in [0.1, 0.15) is 0 Å². The molecular formula is C22H34O4. The lowest BCUT2D eigenvalue weighted by molar-refractivity contribution is -0.138. The molecule has 4 heteroatoms. The smallest absolute Gasteiger partial charge is 0.303 e. The zero-order chi connectivity index (χ0) is 19.0. The van der Waals surface area contributed by atoms with Gasteiger partial charge in [-0.15, -0.1) is 0 Å². The third-order valence-electron chi connectivity index (χ3n) is 4.79. The van der Waals surface area contributed by atoms with Gasteiger partial charge in [0.15, 0.2) is 0 Å². The Kier molecular flexibility index (Phi) is 12.2. The summed E-state index contributed by atoms with van der Waals surface area (Å²) < 4.78 is 0. The number of aryl methyl sites for hydroxylation is 2. The normalized spacial score (nSPS) is 10.8. The third-order valence-corrected chi connectivity index (χ3v) is 4.79. The molecule has 4 nitrogen and oxygen atoms in total. The predicted octanol–water partition coefficient (Wildman–Crippen LogP) is 5.62. The number of carboxylic acid groups (broad SMARTS) is 2. The Balaban J connectivity index is 2.15. The van der Waals surface area contributed by atoms with E-state index < -0.39 is 11.9 Å². The van der Waals surface area contributed by atoms with Crippen molar-refractivity contribution in [3.8, 4) is 0 Å². The monoisotopic (exact) mass is 362 g/mol. The maximum atomic E-state index is 10.5. The van der Waals surface area contributed by atoms with Crippen molar-refractivity contribution in [3.05, 3.63) is 35.4 Å². The van der Waals surface area contributed by atoms with Crippen molar-refractivity contribution >= 4 is 11.9 Å². The average Bonchev–Trinajstić information content (AvgIpc) is 2.60. The highest BCUT2D eigenvalue weighted by molar-refractivity contribution is 5.66. The Labute approximate surface area is 157 Å². The van der Waals surface area contributed by atoms with Gasteiger partial charge < -0.3 is 10.2 Å². The van der Waals surface area contributed by atoms with Crippen molar-refractivity contribution in [2.75, 3.05) is 0 Å². The molecular weight excluding hydrogens is 328 g/mol. The van der Waals surface area contributed by atoms with E-state index in [0.717, 1.165) is 64.2 Å². The molecule has 0 radical (unpaired) electrons. The molecule has 0 spiro atoms. The predicted molar refractivity (Wildman–Crippen MR) is 105 cm³/mol. The summed E-state index contributed by atoms with van der Waals surface area (Å²) in [5.41, 5.74) is 2.90. The summed E-state index contributed by atoms with van der Waals surface area (Å²) >= 11 is 0. The molecule has 26 heavy (non-hydrogen) atoms. The molecule has 0 bridgehead atoms. The highest BCUT2D eigenvalue weighted by Gasteiger charge is 2.03. The topological polar surface area (TPSA) is 74.6 Å². The van der Waals surface area contributed by atoms with Gasteiger partial charge in [-0.05, 0) is 49.7 Å². The van der Waals surface area contributed by atoms with Crippen LogP contribution in [0.2, 0.25) is 0 Å².